The Balaban J connectivity index is 0.812. The molecule has 0 fully saturated rings. The van der Waals surface area contributed by atoms with Gasteiger partial charge >= 0.3 is 0 Å². The number of aryl methyl sites for hydroxylation is 8. The van der Waals surface area contributed by atoms with Crippen molar-refractivity contribution in [2.24, 2.45) is 0 Å². The molecule has 18 rings (SSSR count). The smallest absolute Gasteiger partial charge is 0.156 e. The Hall–Kier alpha value is -11.4. The first-order valence-electron chi connectivity index (χ1n) is 46.2. The maximum absolute atomic E-state index is 2.53. The molecule has 0 saturated carbocycles. The van der Waals surface area contributed by atoms with Crippen LogP contribution in [0.1, 0.15) is 168 Å². The highest BCUT2D eigenvalue weighted by molar-refractivity contribution is 7.96. The highest BCUT2D eigenvalue weighted by atomic mass is 32.2. The second kappa shape index (κ2) is 44.6. The first kappa shape index (κ1) is 91.4. The van der Waals surface area contributed by atoms with Crippen LogP contribution in [0.2, 0.25) is 0 Å². The Labute approximate surface area is 778 Å². The van der Waals surface area contributed by atoms with Gasteiger partial charge in [-0.1, -0.05) is 248 Å². The molecule has 0 spiro atoms. The van der Waals surface area contributed by atoms with Gasteiger partial charge in [0.1, 0.15) is 50.0 Å². The molecule has 14 aromatic rings. The molecule has 0 unspecified atom stereocenters. The van der Waals surface area contributed by atoms with Gasteiger partial charge in [0, 0.05) is 113 Å². The molecule has 0 N–H and O–H groups in total. The van der Waals surface area contributed by atoms with Crippen LogP contribution in [0.25, 0.3) is 48.6 Å². The summed E-state index contributed by atoms with van der Waals surface area (Å²) in [5.74, 6) is 0. The van der Waals surface area contributed by atoms with Crippen LogP contribution >= 0.6 is 0 Å². The van der Waals surface area contributed by atoms with Crippen molar-refractivity contribution in [3.63, 3.8) is 0 Å². The number of anilines is 12. The van der Waals surface area contributed by atoms with Crippen molar-refractivity contribution >= 4 is 160 Å². The van der Waals surface area contributed by atoms with E-state index in [1.165, 1.54) is 160 Å². The van der Waals surface area contributed by atoms with Crippen LogP contribution in [0.4, 0.5) is 68.2 Å². The first-order valence-corrected chi connectivity index (χ1v) is 54.4. The van der Waals surface area contributed by atoms with Gasteiger partial charge in [-0.2, -0.15) is 0 Å². The number of benzene rings is 14. The minimum absolute atomic E-state index is 0.110. The van der Waals surface area contributed by atoms with Gasteiger partial charge in [-0.3, -0.25) is 0 Å². The summed E-state index contributed by atoms with van der Waals surface area (Å²) in [5.41, 5.74) is 34.4. The third-order valence-corrected chi connectivity index (χ3v) is 29.6. The van der Waals surface area contributed by atoms with Crippen LogP contribution < -0.4 is 19.6 Å². The summed E-state index contributed by atoms with van der Waals surface area (Å²) in [6.07, 6.45) is 54.6. The Morgan fingerprint density at radius 2 is 0.383 bits per heavy atom. The largest absolute Gasteiger partial charge is 0.310 e. The minimum Gasteiger partial charge on any atom is -0.310 e. The molecule has 14 aromatic carbocycles. The molecule has 4 aliphatic carbocycles. The van der Waals surface area contributed by atoms with E-state index in [0.29, 0.717) is 0 Å². The molecule has 0 aromatic heterocycles. The zero-order chi connectivity index (χ0) is 88.8. The van der Waals surface area contributed by atoms with E-state index in [4.69, 9.17) is 0 Å². The fraction of sp³-hybridized carbons (Fsp3) is 0.233. The first-order chi connectivity index (χ1) is 62.5. The summed E-state index contributed by atoms with van der Waals surface area (Å²) >= 11 is 0. The lowest BCUT2D eigenvalue weighted by atomic mass is 9.86. The zero-order valence-corrected chi connectivity index (χ0v) is 80.6. The van der Waals surface area contributed by atoms with Gasteiger partial charge in [0.25, 0.3) is 0 Å². The molecule has 4 bridgehead atoms. The summed E-state index contributed by atoms with van der Waals surface area (Å²) < 4.78 is 0. The van der Waals surface area contributed by atoms with E-state index >= 15 is 0 Å². The van der Waals surface area contributed by atoms with Crippen LogP contribution in [-0.4, -0.2) is 50.0 Å². The standard InChI is InChI=1S/C120H128N4S4/c1-13-17-25-89-41-65-105(66-42-89)121(113-29-21-33-117(85-113)125(5)6)109-73-49-93(50-74-109)37-57-97-81-102-63-64-104-84-99(59-39-95-53-77-111(78-54-95)123(115-31-23-35-119(87-115)127(9)10)107-69-45-91(46-70-107)27-19-15-3)103(83-100(104)60-40-96-55-79-112(80-56-96)124(116-32-24-36-120(88-116)128(11)12)108-71-47-92(48-72-108)28-20-16-4)62-61-101(97)82-98(102)58-38-94-51-75-110(76-52-94)122(114-30-22-34-118(86-114)126(7)8)106-67-43-90(44-68-106)26-18-14-2/h21-24,29-60,65-88H,13-20,25-28,61-64H2,1-12H3/q+4/b57-37+,58-38+,59-39+,60-40+. The van der Waals surface area contributed by atoms with Crippen molar-refractivity contribution in [3.05, 3.63) is 404 Å². The Morgan fingerprint density at radius 3 is 0.555 bits per heavy atom. The highest BCUT2D eigenvalue weighted by Crippen LogP contribution is 2.43. The second-order valence-corrected chi connectivity index (χ2v) is 43.3. The fourth-order valence-corrected chi connectivity index (χ4v) is 20.1. The Morgan fingerprint density at radius 1 is 0.203 bits per heavy atom. The van der Waals surface area contributed by atoms with Crippen molar-refractivity contribution in [1.82, 2.24) is 0 Å². The van der Waals surface area contributed by atoms with Gasteiger partial charge < -0.3 is 19.6 Å². The molecule has 4 nitrogen and oxygen atoms in total. The predicted molar refractivity (Wildman–Crippen MR) is 572 cm³/mol. The molecule has 4 aliphatic rings. The third kappa shape index (κ3) is 23.6. The van der Waals surface area contributed by atoms with E-state index in [0.717, 1.165) is 119 Å². The summed E-state index contributed by atoms with van der Waals surface area (Å²) in [4.78, 5) is 15.1. The molecule has 0 amide bonds. The van der Waals surface area contributed by atoms with Gasteiger partial charge in [0.05, 0.1) is 22.7 Å². The summed E-state index contributed by atoms with van der Waals surface area (Å²) in [5, 5.41) is 0. The van der Waals surface area contributed by atoms with Gasteiger partial charge in [0.2, 0.25) is 0 Å². The van der Waals surface area contributed by atoms with Crippen molar-refractivity contribution in [2.45, 2.75) is 150 Å². The number of hydrogen-bond acceptors (Lipinski definition) is 4. The maximum atomic E-state index is 2.53. The maximum Gasteiger partial charge on any atom is 0.156 e. The van der Waals surface area contributed by atoms with E-state index in [-0.39, 0.29) is 43.6 Å². The van der Waals surface area contributed by atoms with Gasteiger partial charge in [-0.15, -0.1) is 0 Å². The van der Waals surface area contributed by atoms with Gasteiger partial charge in [-0.05, 0) is 312 Å². The van der Waals surface area contributed by atoms with Crippen molar-refractivity contribution in [3.8, 4) is 0 Å². The van der Waals surface area contributed by atoms with E-state index in [1.54, 1.807) is 0 Å². The molecule has 0 aliphatic heterocycles. The van der Waals surface area contributed by atoms with Gasteiger partial charge in [-0.25, -0.2) is 0 Å². The molecule has 648 valence electrons. The molecule has 0 atom stereocenters. The average molecular weight is 1750 g/mol. The topological polar surface area (TPSA) is 13.0 Å². The lowest BCUT2D eigenvalue weighted by Crippen LogP contribution is -2.11. The predicted octanol–water partition coefficient (Wildman–Crippen LogP) is 32.4. The van der Waals surface area contributed by atoms with Crippen molar-refractivity contribution < 1.29 is 0 Å². The minimum atomic E-state index is 0.110. The van der Waals surface area contributed by atoms with E-state index < -0.39 is 0 Å². The van der Waals surface area contributed by atoms with Crippen LogP contribution in [0.5, 0.6) is 0 Å². The van der Waals surface area contributed by atoms with Gasteiger partial charge in [0.15, 0.2) is 19.6 Å². The third-order valence-electron chi connectivity index (χ3n) is 24.8. The quantitative estimate of drug-likeness (QED) is 0.0287. The summed E-state index contributed by atoms with van der Waals surface area (Å²) in [7, 11) is 0.442. The number of hydrogen-bond donors (Lipinski definition) is 0. The lowest BCUT2D eigenvalue weighted by Gasteiger charge is -2.26. The summed E-state index contributed by atoms with van der Waals surface area (Å²) in [6, 6.07) is 121. The van der Waals surface area contributed by atoms with E-state index in [1.807, 2.05) is 0 Å². The lowest BCUT2D eigenvalue weighted by molar-refractivity contribution is 0.795. The Bertz CT molecular complexity index is 5350. The zero-order valence-electron chi connectivity index (χ0n) is 77.4. The van der Waals surface area contributed by atoms with Crippen LogP contribution in [0.3, 0.4) is 0 Å². The van der Waals surface area contributed by atoms with Crippen molar-refractivity contribution in [2.75, 3.05) is 69.6 Å². The molecular weight excluding hydrogens is 1630 g/mol. The second-order valence-electron chi connectivity index (χ2n) is 34.9. The van der Waals surface area contributed by atoms with Crippen molar-refractivity contribution in [1.29, 1.82) is 0 Å². The van der Waals surface area contributed by atoms with E-state index in [2.05, 4.69) is 461 Å². The molecule has 128 heavy (non-hydrogen) atoms. The number of rotatable bonds is 36. The molecule has 8 heteroatoms. The van der Waals surface area contributed by atoms with E-state index in [9.17, 15) is 0 Å². The monoisotopic (exact) mass is 1750 g/mol. The number of nitrogens with zero attached hydrogens (tertiary/aromatic N) is 4. The molecule has 0 heterocycles. The summed E-state index contributed by atoms with van der Waals surface area (Å²) in [6.45, 7) is 9.09. The van der Waals surface area contributed by atoms with Crippen LogP contribution in [-0.2, 0) is 94.9 Å². The molecule has 0 radical (unpaired) electrons. The fourth-order valence-electron chi connectivity index (χ4n) is 17.2. The Kier molecular flexibility index (Phi) is 31.8. The molecular formula is C120H128N4S4+4. The highest BCUT2D eigenvalue weighted by Gasteiger charge is 2.24. The SMILES string of the molecule is CCCCc1ccc(N(c2ccc(/C=C/c3cc4c(/C=C/c5ccc(N(c6ccc(CCCC)cc6)c6cccc([S+](C)C)c6)cc5)cc3CCc3cc(/C=C/c5ccc(N(c6ccc(CCCC)cc6)c6cccc([S+](C)C)c6)cc5)c(cc3/C=C/c3ccc(N(c5ccc(CCCC)cc5)c5cccc([S+](C)C)c5)cc3)CC4)cc2)c2cccc([S+](C)C)c2)cc1. The normalized spacial score (nSPS) is 12.3. The van der Waals surface area contributed by atoms with Crippen LogP contribution in [0.15, 0.2) is 335 Å². The molecule has 0 saturated heterocycles. The van der Waals surface area contributed by atoms with Crippen LogP contribution in [0, 0.1) is 0 Å². The average Bonchev–Trinajstić information content (AvgIpc) is 0.805. The number of unbranched alkanes of at least 4 members (excludes halogenated alkanes) is 4.